The van der Waals surface area contributed by atoms with Gasteiger partial charge in [-0.05, 0) is 86.0 Å². The lowest BCUT2D eigenvalue weighted by atomic mass is 10.0. The number of amides is 3. The van der Waals surface area contributed by atoms with Crippen LogP contribution in [0.2, 0.25) is 0 Å². The summed E-state index contributed by atoms with van der Waals surface area (Å²) in [6.07, 6.45) is 3.80. The second-order valence-electron chi connectivity index (χ2n) is 9.05. The second-order valence-corrected chi connectivity index (χ2v) is 9.05. The predicted octanol–water partition coefficient (Wildman–Crippen LogP) is 6.96. The van der Waals surface area contributed by atoms with Crippen molar-refractivity contribution in [2.24, 2.45) is 0 Å². The molecule has 5 N–H and O–H groups in total. The first-order valence-electron chi connectivity index (χ1n) is 11.8. The monoisotopic (exact) mass is 495 g/mol. The Labute approximate surface area is 213 Å². The molecular formula is C29H26FN5O2. The van der Waals surface area contributed by atoms with Crippen molar-refractivity contribution in [2.75, 3.05) is 21.3 Å². The zero-order valence-electron chi connectivity index (χ0n) is 20.6. The van der Waals surface area contributed by atoms with Crippen LogP contribution in [0.4, 0.5) is 37.6 Å². The van der Waals surface area contributed by atoms with Gasteiger partial charge in [0.2, 0.25) is 0 Å². The van der Waals surface area contributed by atoms with E-state index in [0.29, 0.717) is 11.3 Å². The zero-order chi connectivity index (χ0) is 26.1. The molecule has 7 nitrogen and oxygen atoms in total. The summed E-state index contributed by atoms with van der Waals surface area (Å²) in [7, 11) is 0. The third kappa shape index (κ3) is 5.08. The number of carbonyl (C=O) groups excluding carboxylic acids is 2. The Hall–Kier alpha value is -4.85. The van der Waals surface area contributed by atoms with Crippen LogP contribution in [-0.4, -0.2) is 16.9 Å². The first kappa shape index (κ1) is 23.9. The van der Waals surface area contributed by atoms with E-state index < -0.39 is 11.8 Å². The molecule has 0 aliphatic carbocycles. The molecule has 1 aliphatic rings. The van der Waals surface area contributed by atoms with E-state index >= 15 is 0 Å². The van der Waals surface area contributed by atoms with Gasteiger partial charge in [-0.1, -0.05) is 18.2 Å². The number of benzene rings is 3. The molecule has 0 radical (unpaired) electrons. The van der Waals surface area contributed by atoms with Crippen molar-refractivity contribution < 1.29 is 14.0 Å². The lowest BCUT2D eigenvalue weighted by Crippen LogP contribution is -2.20. The highest BCUT2D eigenvalue weighted by atomic mass is 19.1. The number of aromatic amines is 1. The van der Waals surface area contributed by atoms with Gasteiger partial charge in [-0.15, -0.1) is 0 Å². The quantitative estimate of drug-likeness (QED) is 0.194. The first-order valence-corrected chi connectivity index (χ1v) is 11.8. The van der Waals surface area contributed by atoms with Crippen LogP contribution in [0.3, 0.4) is 0 Å². The van der Waals surface area contributed by atoms with Crippen molar-refractivity contribution in [1.29, 1.82) is 0 Å². The smallest absolute Gasteiger partial charge is 0.323 e. The fraction of sp³-hybridized carbons (Fsp3) is 0.103. The maximum atomic E-state index is 14.0. The number of halogens is 1. The van der Waals surface area contributed by atoms with Gasteiger partial charge in [0.1, 0.15) is 5.82 Å². The molecule has 0 unspecified atom stereocenters. The van der Waals surface area contributed by atoms with Crippen molar-refractivity contribution in [3.63, 3.8) is 0 Å². The lowest BCUT2D eigenvalue weighted by Gasteiger charge is -2.12. The molecule has 1 aliphatic heterocycles. The van der Waals surface area contributed by atoms with E-state index in [9.17, 15) is 14.0 Å². The number of aromatic nitrogens is 1. The number of rotatable bonds is 5. The third-order valence-corrected chi connectivity index (χ3v) is 6.31. The standard InChI is InChI=1S/C29H26FN5O2/c1-16-7-10-24(30)27(11-16)35-29(37)33-20-6-4-5-19(12-20)32-21-8-9-22-23(28(36)34-26(22)13-21)14-25-18(3)17(2)15-31-25/h4-15,31-32H,1-3H3,(H,34,36)(H2,33,35,37)/b23-14-. The summed E-state index contributed by atoms with van der Waals surface area (Å²) in [4.78, 5) is 28.3. The van der Waals surface area contributed by atoms with Crippen molar-refractivity contribution in [3.05, 3.63) is 101 Å². The SMILES string of the molecule is Cc1ccc(F)c(NC(=O)Nc2cccc(Nc3ccc4c(c3)NC(=O)/C4=C\c3[nH]cc(C)c3C)c2)c1. The number of fused-ring (bicyclic) bond motifs is 1. The van der Waals surface area contributed by atoms with Crippen LogP contribution in [-0.2, 0) is 4.79 Å². The average molecular weight is 496 g/mol. The van der Waals surface area contributed by atoms with Gasteiger partial charge in [-0.3, -0.25) is 4.79 Å². The Kier molecular flexibility index (Phi) is 6.23. The first-order chi connectivity index (χ1) is 17.8. The maximum Gasteiger partial charge on any atom is 0.323 e. The minimum absolute atomic E-state index is 0.113. The molecule has 0 saturated heterocycles. The number of urea groups is 1. The summed E-state index contributed by atoms with van der Waals surface area (Å²) in [6, 6.07) is 16.8. The molecule has 2 heterocycles. The van der Waals surface area contributed by atoms with Crippen LogP contribution in [0.25, 0.3) is 11.6 Å². The van der Waals surface area contributed by atoms with E-state index in [-0.39, 0.29) is 11.6 Å². The average Bonchev–Trinajstić information content (AvgIpc) is 3.34. The van der Waals surface area contributed by atoms with Gasteiger partial charge < -0.3 is 26.3 Å². The van der Waals surface area contributed by atoms with Crippen LogP contribution in [0.15, 0.2) is 66.9 Å². The molecule has 1 aromatic heterocycles. The second kappa shape index (κ2) is 9.66. The molecule has 3 amide bonds. The number of carbonyl (C=O) groups is 2. The number of anilines is 5. The molecule has 4 aromatic rings. The Morgan fingerprint density at radius 1 is 0.919 bits per heavy atom. The van der Waals surface area contributed by atoms with E-state index in [0.717, 1.165) is 45.0 Å². The number of hydrogen-bond donors (Lipinski definition) is 5. The summed E-state index contributed by atoms with van der Waals surface area (Å²) in [5, 5.41) is 11.5. The topological polar surface area (TPSA) is 98.0 Å². The number of aryl methyl sites for hydroxylation is 2. The highest BCUT2D eigenvalue weighted by molar-refractivity contribution is 6.35. The van der Waals surface area contributed by atoms with E-state index in [2.05, 4.69) is 26.3 Å². The van der Waals surface area contributed by atoms with Crippen molar-refractivity contribution in [3.8, 4) is 0 Å². The van der Waals surface area contributed by atoms with Gasteiger partial charge in [-0.2, -0.15) is 0 Å². The fourth-order valence-corrected chi connectivity index (χ4v) is 4.19. The van der Waals surface area contributed by atoms with E-state index in [1.54, 1.807) is 30.3 Å². The lowest BCUT2D eigenvalue weighted by molar-refractivity contribution is -0.110. The summed E-state index contributed by atoms with van der Waals surface area (Å²) >= 11 is 0. The van der Waals surface area contributed by atoms with E-state index in [1.165, 1.54) is 6.07 Å². The van der Waals surface area contributed by atoms with Crippen molar-refractivity contribution in [1.82, 2.24) is 4.98 Å². The predicted molar refractivity (Wildman–Crippen MR) is 147 cm³/mol. The molecule has 8 heteroatoms. The minimum atomic E-state index is -0.547. The van der Waals surface area contributed by atoms with Crippen LogP contribution in [0.1, 0.15) is 27.9 Å². The summed E-state index contributed by atoms with van der Waals surface area (Å²) in [6.45, 7) is 5.87. The summed E-state index contributed by atoms with van der Waals surface area (Å²) in [5.74, 6) is -0.655. The van der Waals surface area contributed by atoms with Crippen LogP contribution in [0.5, 0.6) is 0 Å². The van der Waals surface area contributed by atoms with Crippen molar-refractivity contribution in [2.45, 2.75) is 20.8 Å². The fourth-order valence-electron chi connectivity index (χ4n) is 4.19. The Bertz CT molecular complexity index is 1570. The van der Waals surface area contributed by atoms with Gasteiger partial charge in [-0.25, -0.2) is 9.18 Å². The molecule has 37 heavy (non-hydrogen) atoms. The molecule has 3 aromatic carbocycles. The maximum absolute atomic E-state index is 14.0. The van der Waals surface area contributed by atoms with Gasteiger partial charge in [0.25, 0.3) is 5.91 Å². The normalized spacial score (nSPS) is 13.3. The zero-order valence-corrected chi connectivity index (χ0v) is 20.6. The van der Waals surface area contributed by atoms with Crippen LogP contribution in [0, 0.1) is 26.6 Å². The highest BCUT2D eigenvalue weighted by Gasteiger charge is 2.25. The molecule has 0 fully saturated rings. The largest absolute Gasteiger partial charge is 0.361 e. The van der Waals surface area contributed by atoms with Gasteiger partial charge >= 0.3 is 6.03 Å². The third-order valence-electron chi connectivity index (χ3n) is 6.31. The van der Waals surface area contributed by atoms with E-state index in [1.807, 2.05) is 57.3 Å². The number of nitrogens with one attached hydrogen (secondary N) is 5. The summed E-state index contributed by atoms with van der Waals surface area (Å²) in [5.41, 5.74) is 8.31. The molecule has 0 spiro atoms. The molecule has 186 valence electrons. The Morgan fingerprint density at radius 3 is 2.49 bits per heavy atom. The summed E-state index contributed by atoms with van der Waals surface area (Å²) < 4.78 is 14.0. The van der Waals surface area contributed by atoms with Crippen LogP contribution < -0.4 is 21.3 Å². The Balaban J connectivity index is 1.30. The van der Waals surface area contributed by atoms with Gasteiger partial charge in [0.05, 0.1) is 16.9 Å². The number of hydrogen-bond acceptors (Lipinski definition) is 3. The Morgan fingerprint density at radius 2 is 1.70 bits per heavy atom. The molecular weight excluding hydrogens is 469 g/mol. The highest BCUT2D eigenvalue weighted by Crippen LogP contribution is 2.36. The van der Waals surface area contributed by atoms with Crippen LogP contribution >= 0.6 is 0 Å². The molecule has 0 bridgehead atoms. The van der Waals surface area contributed by atoms with Gasteiger partial charge in [0.15, 0.2) is 0 Å². The van der Waals surface area contributed by atoms with Crippen molar-refractivity contribution >= 4 is 52.0 Å². The van der Waals surface area contributed by atoms with Gasteiger partial charge in [0, 0.05) is 34.5 Å². The van der Waals surface area contributed by atoms with E-state index in [4.69, 9.17) is 0 Å². The minimum Gasteiger partial charge on any atom is -0.361 e. The molecule has 0 atom stereocenters. The number of H-pyrrole nitrogens is 1. The molecule has 0 saturated carbocycles. The molecule has 5 rings (SSSR count).